The highest BCUT2D eigenvalue weighted by Crippen LogP contribution is 2.18. The maximum absolute atomic E-state index is 11.7. The molecule has 0 aromatic heterocycles. The number of hydrogen-bond acceptors (Lipinski definition) is 0. The molecule has 0 unspecified atom stereocenters. The summed E-state index contributed by atoms with van der Waals surface area (Å²) in [5.74, 6) is 0. The van der Waals surface area contributed by atoms with Crippen molar-refractivity contribution in [2.75, 3.05) is 0 Å². The van der Waals surface area contributed by atoms with Crippen molar-refractivity contribution in [3.63, 3.8) is 0 Å². The predicted octanol–water partition coefficient (Wildman–Crippen LogP) is 3.57. The Morgan fingerprint density at radius 1 is 1.08 bits per heavy atom. The second kappa shape index (κ2) is 3.64. The van der Waals surface area contributed by atoms with Gasteiger partial charge < -0.3 is 0 Å². The van der Waals surface area contributed by atoms with Crippen molar-refractivity contribution in [3.05, 3.63) is 41.5 Å². The van der Waals surface area contributed by atoms with Gasteiger partial charge in [-0.1, -0.05) is 35.9 Å². The van der Waals surface area contributed by atoms with E-state index in [4.69, 9.17) is 0 Å². The molecule has 13 heavy (non-hydrogen) atoms. The zero-order valence-corrected chi connectivity index (χ0v) is 7.10. The minimum Gasteiger partial charge on any atom is -0.167 e. The van der Waals surface area contributed by atoms with Gasteiger partial charge in [0.2, 0.25) is 0 Å². The quantitative estimate of drug-likeness (QED) is 0.628. The van der Waals surface area contributed by atoms with Crippen molar-refractivity contribution < 1.29 is 13.2 Å². The van der Waals surface area contributed by atoms with Crippen molar-refractivity contribution >= 4 is 6.08 Å². The highest BCUT2D eigenvalue weighted by Gasteiger charge is 2.21. The number of alkyl halides is 3. The van der Waals surface area contributed by atoms with E-state index >= 15 is 0 Å². The molecule has 0 fully saturated rings. The first kappa shape index (κ1) is 9.84. The van der Waals surface area contributed by atoms with Crippen molar-refractivity contribution in [2.45, 2.75) is 13.1 Å². The Labute approximate surface area is 74.7 Å². The molecule has 0 aliphatic heterocycles. The summed E-state index contributed by atoms with van der Waals surface area (Å²) < 4.78 is 35.2. The van der Waals surface area contributed by atoms with Crippen molar-refractivity contribution in [1.29, 1.82) is 0 Å². The summed E-state index contributed by atoms with van der Waals surface area (Å²) in [7, 11) is 0. The molecular formula is C10H9F3. The van der Waals surface area contributed by atoms with E-state index in [9.17, 15) is 13.2 Å². The van der Waals surface area contributed by atoms with Crippen LogP contribution in [0, 0.1) is 6.92 Å². The molecule has 0 atom stereocenters. The molecule has 0 radical (unpaired) electrons. The Bertz CT molecular complexity index is 293. The first-order valence-corrected chi connectivity index (χ1v) is 3.80. The number of aryl methyl sites for hydroxylation is 1. The molecule has 0 nitrogen and oxygen atoms in total. The van der Waals surface area contributed by atoms with E-state index in [2.05, 4.69) is 0 Å². The molecule has 0 N–H and O–H groups in total. The highest BCUT2D eigenvalue weighted by molar-refractivity contribution is 5.50. The first-order chi connectivity index (χ1) is 5.97. The molecule has 1 aromatic carbocycles. The molecule has 0 aliphatic rings. The second-order valence-corrected chi connectivity index (χ2v) is 2.79. The van der Waals surface area contributed by atoms with E-state index in [1.807, 2.05) is 6.92 Å². The first-order valence-electron chi connectivity index (χ1n) is 3.80. The molecule has 3 heteroatoms. The van der Waals surface area contributed by atoms with Crippen molar-refractivity contribution in [3.8, 4) is 0 Å². The number of halogens is 3. The zero-order valence-electron chi connectivity index (χ0n) is 7.10. The van der Waals surface area contributed by atoms with Crippen LogP contribution in [0.15, 0.2) is 30.3 Å². The van der Waals surface area contributed by atoms with Gasteiger partial charge in [-0.25, -0.2) is 0 Å². The van der Waals surface area contributed by atoms with Gasteiger partial charge in [-0.15, -0.1) is 0 Å². The summed E-state index contributed by atoms with van der Waals surface area (Å²) >= 11 is 0. The number of hydrogen-bond donors (Lipinski definition) is 0. The van der Waals surface area contributed by atoms with Gasteiger partial charge in [0.05, 0.1) is 0 Å². The van der Waals surface area contributed by atoms with E-state index < -0.39 is 6.18 Å². The van der Waals surface area contributed by atoms with Crippen LogP contribution in [0.2, 0.25) is 0 Å². The maximum atomic E-state index is 11.7. The van der Waals surface area contributed by atoms with Gasteiger partial charge >= 0.3 is 6.18 Å². The molecule has 0 spiro atoms. The third-order valence-electron chi connectivity index (χ3n) is 1.54. The Morgan fingerprint density at radius 3 is 2.08 bits per heavy atom. The average Bonchev–Trinajstić information content (AvgIpc) is 2.02. The maximum Gasteiger partial charge on any atom is 0.409 e. The molecule has 0 aliphatic carbocycles. The van der Waals surface area contributed by atoms with Gasteiger partial charge in [0, 0.05) is 6.08 Å². The Hall–Kier alpha value is -1.25. The second-order valence-electron chi connectivity index (χ2n) is 2.79. The molecule has 70 valence electrons. The van der Waals surface area contributed by atoms with Crippen LogP contribution in [0.25, 0.3) is 6.08 Å². The topological polar surface area (TPSA) is 0 Å². The van der Waals surface area contributed by atoms with Crippen LogP contribution in [0.3, 0.4) is 0 Å². The Balaban J connectivity index is 2.75. The molecule has 0 heterocycles. The van der Waals surface area contributed by atoms with Crippen LogP contribution in [0.1, 0.15) is 11.1 Å². The Morgan fingerprint density at radius 2 is 1.62 bits per heavy atom. The fourth-order valence-electron chi connectivity index (χ4n) is 0.868. The number of benzene rings is 1. The monoisotopic (exact) mass is 186 g/mol. The third-order valence-corrected chi connectivity index (χ3v) is 1.54. The lowest BCUT2D eigenvalue weighted by atomic mass is 10.1. The predicted molar refractivity (Wildman–Crippen MR) is 46.3 cm³/mol. The third kappa shape index (κ3) is 3.78. The van der Waals surface area contributed by atoms with Crippen LogP contribution in [-0.2, 0) is 0 Å². The summed E-state index contributed by atoms with van der Waals surface area (Å²) in [5.41, 5.74) is 1.59. The lowest BCUT2D eigenvalue weighted by molar-refractivity contribution is -0.0790. The summed E-state index contributed by atoms with van der Waals surface area (Å²) in [6, 6.07) is 6.85. The summed E-state index contributed by atoms with van der Waals surface area (Å²) in [6.45, 7) is 1.89. The van der Waals surface area contributed by atoms with Gasteiger partial charge in [-0.3, -0.25) is 0 Å². The molecule has 1 rings (SSSR count). The lowest BCUT2D eigenvalue weighted by Gasteiger charge is -1.98. The van der Waals surface area contributed by atoms with E-state index in [1.165, 1.54) is 0 Å². The highest BCUT2D eigenvalue weighted by atomic mass is 19.4. The lowest BCUT2D eigenvalue weighted by Crippen LogP contribution is -1.99. The normalized spacial score (nSPS) is 12.3. The van der Waals surface area contributed by atoms with Crippen molar-refractivity contribution in [1.82, 2.24) is 0 Å². The molecule has 0 amide bonds. The van der Waals surface area contributed by atoms with E-state index in [0.29, 0.717) is 5.56 Å². The summed E-state index contributed by atoms with van der Waals surface area (Å²) in [6.07, 6.45) is -2.94. The fraction of sp³-hybridized carbons (Fsp3) is 0.200. The largest absolute Gasteiger partial charge is 0.409 e. The number of allylic oxidation sites excluding steroid dienone is 1. The standard InChI is InChI=1S/C10H9F3/c1-8-2-4-9(5-3-8)6-7-10(11,12)13/h2-7H,1H3/b7-6-. The SMILES string of the molecule is Cc1ccc(/C=C\C(F)(F)F)cc1. The van der Waals surface area contributed by atoms with Crippen molar-refractivity contribution in [2.24, 2.45) is 0 Å². The zero-order chi connectivity index (χ0) is 9.90. The van der Waals surface area contributed by atoms with Gasteiger partial charge in [0.25, 0.3) is 0 Å². The minimum atomic E-state index is -4.23. The number of rotatable bonds is 1. The summed E-state index contributed by atoms with van der Waals surface area (Å²) in [4.78, 5) is 0. The fourth-order valence-corrected chi connectivity index (χ4v) is 0.868. The average molecular weight is 186 g/mol. The van der Waals surface area contributed by atoms with Gasteiger partial charge in [0.1, 0.15) is 0 Å². The molecular weight excluding hydrogens is 177 g/mol. The van der Waals surface area contributed by atoms with Crippen LogP contribution in [0.5, 0.6) is 0 Å². The van der Waals surface area contributed by atoms with E-state index in [1.54, 1.807) is 24.3 Å². The molecule has 0 bridgehead atoms. The molecule has 0 saturated heterocycles. The molecule has 1 aromatic rings. The van der Waals surface area contributed by atoms with E-state index in [0.717, 1.165) is 11.6 Å². The summed E-state index contributed by atoms with van der Waals surface area (Å²) in [5, 5.41) is 0. The van der Waals surface area contributed by atoms with Crippen LogP contribution in [-0.4, -0.2) is 6.18 Å². The van der Waals surface area contributed by atoms with Gasteiger partial charge in [-0.2, -0.15) is 13.2 Å². The van der Waals surface area contributed by atoms with Crippen LogP contribution < -0.4 is 0 Å². The minimum absolute atomic E-state index is 0.234. The molecule has 0 saturated carbocycles. The van der Waals surface area contributed by atoms with Crippen LogP contribution in [0.4, 0.5) is 13.2 Å². The van der Waals surface area contributed by atoms with Gasteiger partial charge in [0.15, 0.2) is 0 Å². The van der Waals surface area contributed by atoms with Gasteiger partial charge in [-0.05, 0) is 12.5 Å². The Kier molecular flexibility index (Phi) is 2.76. The van der Waals surface area contributed by atoms with Crippen LogP contribution >= 0.6 is 0 Å². The smallest absolute Gasteiger partial charge is 0.167 e. The van der Waals surface area contributed by atoms with E-state index in [-0.39, 0.29) is 6.08 Å².